The van der Waals surface area contributed by atoms with Crippen molar-refractivity contribution in [2.45, 2.75) is 13.0 Å². The normalized spacial score (nSPS) is 11.7. The Hall–Kier alpha value is -2.18. The Morgan fingerprint density at radius 2 is 1.83 bits per heavy atom. The summed E-state index contributed by atoms with van der Waals surface area (Å²) >= 11 is 11.5. The maximum Gasteiger partial charge on any atom is 0.341 e. The number of carbonyl (C=O) groups is 2. The molecule has 126 valence electrons. The number of rotatable bonds is 4. The fourth-order valence-electron chi connectivity index (χ4n) is 1.76. The highest BCUT2D eigenvalue weighted by Gasteiger charge is 2.22. The molecule has 2 aromatic rings. The highest BCUT2D eigenvalue weighted by atomic mass is 35.5. The summed E-state index contributed by atoms with van der Waals surface area (Å²) in [5, 5.41) is 2.53. The topological polar surface area (TPSA) is 55.4 Å². The summed E-state index contributed by atoms with van der Waals surface area (Å²) in [6.45, 7) is 1.30. The van der Waals surface area contributed by atoms with Crippen LogP contribution in [0.15, 0.2) is 36.4 Å². The highest BCUT2D eigenvalue weighted by molar-refractivity contribution is 6.33. The molecule has 0 radical (unpaired) electrons. The smallest absolute Gasteiger partial charge is 0.341 e. The van der Waals surface area contributed by atoms with Crippen molar-refractivity contribution in [1.82, 2.24) is 0 Å². The van der Waals surface area contributed by atoms with Gasteiger partial charge in [-0.2, -0.15) is 0 Å². The molecular formula is C16H11Cl2F2NO3. The van der Waals surface area contributed by atoms with Gasteiger partial charge in [0.25, 0.3) is 5.91 Å². The zero-order chi connectivity index (χ0) is 17.9. The lowest BCUT2D eigenvalue weighted by Crippen LogP contribution is -2.30. The SMILES string of the molecule is C[C@H](OC(=O)c1cc(Cl)ccc1F)C(=O)Nc1ccc(F)cc1Cl. The summed E-state index contributed by atoms with van der Waals surface area (Å²) in [6.07, 6.45) is -1.24. The molecule has 2 aromatic carbocycles. The van der Waals surface area contributed by atoms with Crippen molar-refractivity contribution in [3.8, 4) is 0 Å². The number of ether oxygens (including phenoxy) is 1. The fourth-order valence-corrected chi connectivity index (χ4v) is 2.14. The van der Waals surface area contributed by atoms with Crippen LogP contribution in [0.4, 0.5) is 14.5 Å². The number of benzene rings is 2. The van der Waals surface area contributed by atoms with E-state index in [4.69, 9.17) is 27.9 Å². The van der Waals surface area contributed by atoms with E-state index in [9.17, 15) is 18.4 Å². The Balaban J connectivity index is 2.05. The van der Waals surface area contributed by atoms with Crippen molar-refractivity contribution in [3.05, 3.63) is 63.6 Å². The zero-order valence-electron chi connectivity index (χ0n) is 12.3. The number of nitrogens with one attached hydrogen (secondary N) is 1. The van der Waals surface area contributed by atoms with E-state index >= 15 is 0 Å². The van der Waals surface area contributed by atoms with Gasteiger partial charge in [0.15, 0.2) is 6.10 Å². The number of amides is 1. The molecule has 0 fully saturated rings. The second kappa shape index (κ2) is 7.59. The van der Waals surface area contributed by atoms with Gasteiger partial charge in [0, 0.05) is 5.02 Å². The molecule has 0 spiro atoms. The Morgan fingerprint density at radius 3 is 2.50 bits per heavy atom. The predicted octanol–water partition coefficient (Wildman–Crippen LogP) is 4.46. The van der Waals surface area contributed by atoms with Crippen LogP contribution in [0.25, 0.3) is 0 Å². The van der Waals surface area contributed by atoms with Crippen molar-refractivity contribution in [2.75, 3.05) is 5.32 Å². The third-order valence-electron chi connectivity index (χ3n) is 2.99. The Bertz CT molecular complexity index is 799. The number of hydrogen-bond donors (Lipinski definition) is 1. The number of anilines is 1. The van der Waals surface area contributed by atoms with Crippen molar-refractivity contribution in [2.24, 2.45) is 0 Å². The van der Waals surface area contributed by atoms with Gasteiger partial charge in [0.05, 0.1) is 16.3 Å². The van der Waals surface area contributed by atoms with Crippen LogP contribution < -0.4 is 5.32 Å². The second-order valence-electron chi connectivity index (χ2n) is 4.79. The number of esters is 1. The lowest BCUT2D eigenvalue weighted by molar-refractivity contribution is -0.123. The van der Waals surface area contributed by atoms with E-state index in [0.29, 0.717) is 0 Å². The summed E-state index contributed by atoms with van der Waals surface area (Å²) in [6, 6.07) is 6.79. The van der Waals surface area contributed by atoms with Crippen LogP contribution in [-0.4, -0.2) is 18.0 Å². The molecule has 0 unspecified atom stereocenters. The minimum atomic E-state index is -1.24. The van der Waals surface area contributed by atoms with Gasteiger partial charge in [0.2, 0.25) is 0 Å². The van der Waals surface area contributed by atoms with Crippen LogP contribution in [0.5, 0.6) is 0 Å². The number of halogens is 4. The number of hydrogen-bond acceptors (Lipinski definition) is 3. The monoisotopic (exact) mass is 373 g/mol. The molecule has 1 atom stereocenters. The molecule has 2 rings (SSSR count). The molecule has 1 N–H and O–H groups in total. The first-order valence-corrected chi connectivity index (χ1v) is 7.45. The average molecular weight is 374 g/mol. The quantitative estimate of drug-likeness (QED) is 0.805. The van der Waals surface area contributed by atoms with Crippen molar-refractivity contribution >= 4 is 40.8 Å². The van der Waals surface area contributed by atoms with E-state index < -0.39 is 29.6 Å². The second-order valence-corrected chi connectivity index (χ2v) is 5.63. The van der Waals surface area contributed by atoms with E-state index in [0.717, 1.165) is 24.3 Å². The van der Waals surface area contributed by atoms with E-state index in [2.05, 4.69) is 5.32 Å². The molecule has 0 saturated heterocycles. The van der Waals surface area contributed by atoms with E-state index in [1.54, 1.807) is 0 Å². The van der Waals surface area contributed by atoms with Gasteiger partial charge in [-0.25, -0.2) is 13.6 Å². The molecule has 8 heteroatoms. The summed E-state index contributed by atoms with van der Waals surface area (Å²) in [4.78, 5) is 23.9. The molecule has 0 aromatic heterocycles. The summed E-state index contributed by atoms with van der Waals surface area (Å²) in [7, 11) is 0. The first-order valence-electron chi connectivity index (χ1n) is 6.70. The third-order valence-corrected chi connectivity index (χ3v) is 3.54. The molecular weight excluding hydrogens is 363 g/mol. The molecule has 1 amide bonds. The van der Waals surface area contributed by atoms with Crippen LogP contribution in [0.2, 0.25) is 10.0 Å². The third kappa shape index (κ3) is 4.43. The molecule has 4 nitrogen and oxygen atoms in total. The van der Waals surface area contributed by atoms with Gasteiger partial charge in [-0.15, -0.1) is 0 Å². The van der Waals surface area contributed by atoms with E-state index in [1.165, 1.54) is 19.1 Å². The zero-order valence-corrected chi connectivity index (χ0v) is 13.8. The Labute approximate surface area is 146 Å². The largest absolute Gasteiger partial charge is 0.449 e. The van der Waals surface area contributed by atoms with Gasteiger partial charge < -0.3 is 10.1 Å². The van der Waals surface area contributed by atoms with Crippen molar-refractivity contribution in [3.63, 3.8) is 0 Å². The maximum atomic E-state index is 13.6. The van der Waals surface area contributed by atoms with Crippen molar-refractivity contribution in [1.29, 1.82) is 0 Å². The van der Waals surface area contributed by atoms with Crippen LogP contribution in [0.1, 0.15) is 17.3 Å². The molecule has 0 bridgehead atoms. The van der Waals surface area contributed by atoms with E-state index in [-0.39, 0.29) is 21.3 Å². The van der Waals surface area contributed by atoms with Gasteiger partial charge >= 0.3 is 5.97 Å². The highest BCUT2D eigenvalue weighted by Crippen LogP contribution is 2.23. The lowest BCUT2D eigenvalue weighted by atomic mass is 10.2. The summed E-state index contributed by atoms with van der Waals surface area (Å²) in [5.41, 5.74) is -0.234. The molecule has 0 saturated carbocycles. The Kier molecular flexibility index (Phi) is 5.75. The minimum Gasteiger partial charge on any atom is -0.449 e. The molecule has 0 aliphatic rings. The van der Waals surface area contributed by atoms with Crippen LogP contribution in [-0.2, 0) is 9.53 Å². The standard InChI is InChI=1S/C16H11Cl2F2NO3/c1-8(15(22)21-14-5-3-10(19)7-12(14)18)24-16(23)11-6-9(17)2-4-13(11)20/h2-8H,1H3,(H,21,22)/t8-/m0/s1. The maximum absolute atomic E-state index is 13.6. The first kappa shape index (κ1) is 18.2. The molecule has 0 aliphatic carbocycles. The molecule has 0 heterocycles. The Morgan fingerprint density at radius 1 is 1.12 bits per heavy atom. The lowest BCUT2D eigenvalue weighted by Gasteiger charge is -2.14. The predicted molar refractivity (Wildman–Crippen MR) is 86.3 cm³/mol. The van der Waals surface area contributed by atoms with Gasteiger partial charge in [-0.1, -0.05) is 23.2 Å². The van der Waals surface area contributed by atoms with Crippen molar-refractivity contribution < 1.29 is 23.1 Å². The average Bonchev–Trinajstić information content (AvgIpc) is 2.52. The van der Waals surface area contributed by atoms with Crippen LogP contribution >= 0.6 is 23.2 Å². The fraction of sp³-hybridized carbons (Fsp3) is 0.125. The summed E-state index contributed by atoms with van der Waals surface area (Å²) in [5.74, 6) is -3.13. The molecule has 24 heavy (non-hydrogen) atoms. The van der Waals surface area contributed by atoms with Crippen LogP contribution in [0, 0.1) is 11.6 Å². The molecule has 0 aliphatic heterocycles. The minimum absolute atomic E-state index is 0.0113. The van der Waals surface area contributed by atoms with Gasteiger partial charge in [-0.05, 0) is 43.3 Å². The van der Waals surface area contributed by atoms with Gasteiger partial charge in [-0.3, -0.25) is 4.79 Å². The summed E-state index contributed by atoms with van der Waals surface area (Å²) < 4.78 is 31.5. The van der Waals surface area contributed by atoms with Crippen LogP contribution in [0.3, 0.4) is 0 Å². The number of carbonyl (C=O) groups excluding carboxylic acids is 2. The first-order chi connectivity index (χ1) is 11.3. The van der Waals surface area contributed by atoms with E-state index in [1.807, 2.05) is 0 Å². The van der Waals surface area contributed by atoms with Gasteiger partial charge in [0.1, 0.15) is 11.6 Å².